The average Bonchev–Trinajstić information content (AvgIpc) is 3.28. The molecule has 5 rings (SSSR count). The summed E-state index contributed by atoms with van der Waals surface area (Å²) in [5.74, 6) is 0.234. The monoisotopic (exact) mass is 411 g/mol. The number of nitrogens with zero attached hydrogens (tertiary/aromatic N) is 3. The number of imidazole rings is 1. The van der Waals surface area contributed by atoms with Gasteiger partial charge in [0.05, 0.1) is 17.1 Å². The van der Waals surface area contributed by atoms with E-state index in [4.69, 9.17) is 0 Å². The molecule has 156 valence electrons. The molecule has 1 amide bonds. The van der Waals surface area contributed by atoms with Crippen LogP contribution in [0.2, 0.25) is 0 Å². The lowest BCUT2D eigenvalue weighted by molar-refractivity contribution is 0.0462. The molecule has 5 heteroatoms. The van der Waals surface area contributed by atoms with Gasteiger partial charge in [0, 0.05) is 24.3 Å². The first-order valence-corrected chi connectivity index (χ1v) is 10.8. The van der Waals surface area contributed by atoms with Crippen LogP contribution in [0.15, 0.2) is 85.2 Å². The third-order valence-electron chi connectivity index (χ3n) is 6.26. The average molecular weight is 412 g/mol. The second-order valence-corrected chi connectivity index (χ2v) is 8.14. The number of amides is 1. The van der Waals surface area contributed by atoms with Crippen LogP contribution in [0.3, 0.4) is 0 Å². The van der Waals surface area contributed by atoms with E-state index in [0.717, 1.165) is 35.1 Å². The van der Waals surface area contributed by atoms with Gasteiger partial charge >= 0.3 is 0 Å². The molecule has 1 atom stereocenters. The largest absolute Gasteiger partial charge is 0.388 e. The summed E-state index contributed by atoms with van der Waals surface area (Å²) in [7, 11) is 0. The van der Waals surface area contributed by atoms with Gasteiger partial charge < -0.3 is 10.0 Å². The van der Waals surface area contributed by atoms with Crippen LogP contribution in [0, 0.1) is 5.92 Å². The standard InChI is InChI=1S/C26H25N3O2/c30-25(19-6-2-1-3-7-19)20-14-16-28(17-15-20)26(31)21-10-12-22(13-11-21)29-18-27-23-8-4-5-9-24(23)29/h1-13,18,20,25,30H,14-17H2. The predicted molar refractivity (Wildman–Crippen MR) is 121 cm³/mol. The van der Waals surface area contributed by atoms with Crippen molar-refractivity contribution in [3.05, 3.63) is 96.3 Å². The van der Waals surface area contributed by atoms with Crippen molar-refractivity contribution in [2.24, 2.45) is 5.92 Å². The van der Waals surface area contributed by atoms with Crippen molar-refractivity contribution in [1.82, 2.24) is 14.5 Å². The van der Waals surface area contributed by atoms with Crippen LogP contribution in [-0.4, -0.2) is 38.6 Å². The molecule has 0 saturated carbocycles. The first kappa shape index (κ1) is 19.5. The quantitative estimate of drug-likeness (QED) is 0.533. The molecule has 31 heavy (non-hydrogen) atoms. The summed E-state index contributed by atoms with van der Waals surface area (Å²) in [5, 5.41) is 10.7. The lowest BCUT2D eigenvalue weighted by Gasteiger charge is -2.34. The number of aromatic nitrogens is 2. The number of para-hydroxylation sites is 2. The Balaban J connectivity index is 1.25. The van der Waals surface area contributed by atoms with Crippen LogP contribution in [0.5, 0.6) is 0 Å². The molecular weight excluding hydrogens is 386 g/mol. The van der Waals surface area contributed by atoms with E-state index in [1.54, 1.807) is 0 Å². The Morgan fingerprint density at radius 1 is 0.903 bits per heavy atom. The first-order valence-electron chi connectivity index (χ1n) is 10.8. The number of carbonyl (C=O) groups excluding carboxylic acids is 1. The van der Waals surface area contributed by atoms with Crippen LogP contribution < -0.4 is 0 Å². The van der Waals surface area contributed by atoms with E-state index in [1.165, 1.54) is 0 Å². The van der Waals surface area contributed by atoms with Crippen LogP contribution in [-0.2, 0) is 0 Å². The molecule has 1 aliphatic rings. The molecule has 1 N–H and O–H groups in total. The Hall–Kier alpha value is -3.44. The van der Waals surface area contributed by atoms with E-state index in [2.05, 4.69) is 4.98 Å². The van der Waals surface area contributed by atoms with Gasteiger partial charge in [-0.15, -0.1) is 0 Å². The van der Waals surface area contributed by atoms with Crippen LogP contribution in [0.1, 0.15) is 34.9 Å². The number of aliphatic hydroxyl groups is 1. The molecule has 0 spiro atoms. The number of carbonyl (C=O) groups is 1. The highest BCUT2D eigenvalue weighted by atomic mass is 16.3. The van der Waals surface area contributed by atoms with Gasteiger partial charge in [-0.25, -0.2) is 4.98 Å². The van der Waals surface area contributed by atoms with Crippen LogP contribution in [0.25, 0.3) is 16.7 Å². The van der Waals surface area contributed by atoms with E-state index in [0.29, 0.717) is 18.7 Å². The minimum atomic E-state index is -0.470. The second-order valence-electron chi connectivity index (χ2n) is 8.14. The minimum absolute atomic E-state index is 0.0506. The van der Waals surface area contributed by atoms with Crippen LogP contribution in [0.4, 0.5) is 0 Å². The highest BCUT2D eigenvalue weighted by Gasteiger charge is 2.28. The molecule has 2 heterocycles. The third-order valence-corrected chi connectivity index (χ3v) is 6.26. The van der Waals surface area contributed by atoms with Gasteiger partial charge in [-0.3, -0.25) is 9.36 Å². The van der Waals surface area contributed by atoms with Gasteiger partial charge in [-0.2, -0.15) is 0 Å². The Morgan fingerprint density at radius 3 is 2.32 bits per heavy atom. The lowest BCUT2D eigenvalue weighted by atomic mass is 9.87. The molecule has 1 saturated heterocycles. The number of hydrogen-bond donors (Lipinski definition) is 1. The molecule has 1 fully saturated rings. The van der Waals surface area contributed by atoms with Gasteiger partial charge in [0.25, 0.3) is 5.91 Å². The summed E-state index contributed by atoms with van der Waals surface area (Å²) in [6.07, 6.45) is 2.95. The first-order chi connectivity index (χ1) is 15.2. The number of rotatable bonds is 4. The van der Waals surface area contributed by atoms with Crippen molar-refractivity contribution in [1.29, 1.82) is 0 Å². The summed E-state index contributed by atoms with van der Waals surface area (Å²) >= 11 is 0. The summed E-state index contributed by atoms with van der Waals surface area (Å²) in [6, 6.07) is 25.5. The summed E-state index contributed by atoms with van der Waals surface area (Å²) in [4.78, 5) is 19.3. The molecule has 1 unspecified atom stereocenters. The summed E-state index contributed by atoms with van der Waals surface area (Å²) < 4.78 is 2.03. The van der Waals surface area contributed by atoms with Crippen molar-refractivity contribution >= 4 is 16.9 Å². The Bertz CT molecular complexity index is 1180. The Labute approximate surface area is 181 Å². The zero-order valence-corrected chi connectivity index (χ0v) is 17.3. The van der Waals surface area contributed by atoms with E-state index >= 15 is 0 Å². The van der Waals surface area contributed by atoms with E-state index in [9.17, 15) is 9.90 Å². The zero-order valence-electron chi connectivity index (χ0n) is 17.3. The Kier molecular flexibility index (Phi) is 5.26. The number of aliphatic hydroxyl groups excluding tert-OH is 1. The number of likely N-dealkylation sites (tertiary alicyclic amines) is 1. The fourth-order valence-electron chi connectivity index (χ4n) is 4.45. The highest BCUT2D eigenvalue weighted by Crippen LogP contribution is 2.31. The number of hydrogen-bond acceptors (Lipinski definition) is 3. The maximum Gasteiger partial charge on any atom is 0.253 e. The SMILES string of the molecule is O=C(c1ccc(-n2cnc3ccccc32)cc1)N1CCC(C(O)c2ccccc2)CC1. The smallest absolute Gasteiger partial charge is 0.253 e. The summed E-state index contributed by atoms with van der Waals surface area (Å²) in [6.45, 7) is 1.34. The number of fused-ring (bicyclic) bond motifs is 1. The Morgan fingerprint density at radius 2 is 1.58 bits per heavy atom. The molecule has 0 aliphatic carbocycles. The van der Waals surface area contributed by atoms with Gasteiger partial charge in [-0.1, -0.05) is 42.5 Å². The fraction of sp³-hybridized carbons (Fsp3) is 0.231. The number of piperidine rings is 1. The zero-order chi connectivity index (χ0) is 21.2. The molecule has 0 bridgehead atoms. The van der Waals surface area contributed by atoms with Crippen molar-refractivity contribution in [3.63, 3.8) is 0 Å². The molecular formula is C26H25N3O2. The van der Waals surface area contributed by atoms with Gasteiger partial charge in [-0.05, 0) is 60.7 Å². The van der Waals surface area contributed by atoms with Crippen molar-refractivity contribution < 1.29 is 9.90 Å². The van der Waals surface area contributed by atoms with E-state index in [1.807, 2.05) is 94.7 Å². The molecule has 0 radical (unpaired) electrons. The maximum atomic E-state index is 13.0. The van der Waals surface area contributed by atoms with Crippen molar-refractivity contribution in [2.75, 3.05) is 13.1 Å². The predicted octanol–water partition coefficient (Wildman–Crippen LogP) is 4.61. The lowest BCUT2D eigenvalue weighted by Crippen LogP contribution is -2.39. The van der Waals surface area contributed by atoms with E-state index < -0.39 is 6.10 Å². The summed E-state index contributed by atoms with van der Waals surface area (Å²) in [5.41, 5.74) is 4.61. The van der Waals surface area contributed by atoms with Crippen molar-refractivity contribution in [3.8, 4) is 5.69 Å². The molecule has 1 aromatic heterocycles. The molecule has 4 aromatic rings. The molecule has 1 aliphatic heterocycles. The van der Waals surface area contributed by atoms with E-state index in [-0.39, 0.29) is 11.8 Å². The fourth-order valence-corrected chi connectivity index (χ4v) is 4.45. The minimum Gasteiger partial charge on any atom is -0.388 e. The van der Waals surface area contributed by atoms with Gasteiger partial charge in [0.2, 0.25) is 0 Å². The molecule has 5 nitrogen and oxygen atoms in total. The maximum absolute atomic E-state index is 13.0. The van der Waals surface area contributed by atoms with Crippen molar-refractivity contribution in [2.45, 2.75) is 18.9 Å². The van der Waals surface area contributed by atoms with Gasteiger partial charge in [0.1, 0.15) is 6.33 Å². The van der Waals surface area contributed by atoms with Gasteiger partial charge in [0.15, 0.2) is 0 Å². The number of benzene rings is 3. The topological polar surface area (TPSA) is 58.4 Å². The van der Waals surface area contributed by atoms with Crippen LogP contribution >= 0.6 is 0 Å². The molecule has 3 aromatic carbocycles. The second kappa shape index (κ2) is 8.36. The third kappa shape index (κ3) is 3.84. The normalized spacial score (nSPS) is 15.8. The highest BCUT2D eigenvalue weighted by molar-refractivity contribution is 5.94.